The van der Waals surface area contributed by atoms with E-state index in [2.05, 4.69) is 10.1 Å². The number of carbonyl (C=O) groups excluding carboxylic acids is 1. The lowest BCUT2D eigenvalue weighted by Gasteiger charge is -2.26. The third-order valence-corrected chi connectivity index (χ3v) is 1.84. The van der Waals surface area contributed by atoms with Gasteiger partial charge in [-0.15, -0.1) is 12.4 Å². The summed E-state index contributed by atoms with van der Waals surface area (Å²) < 4.78 is 9.85. The number of morpholine rings is 1. The molecule has 1 aliphatic rings. The van der Waals surface area contributed by atoms with Crippen molar-refractivity contribution in [2.45, 2.75) is 19.1 Å². The SMILES string of the molecule is CCOC(=O)C(O)C1CNCCO1.Cl. The number of nitrogens with one attached hydrogen (secondary N) is 1. The van der Waals surface area contributed by atoms with Gasteiger partial charge in [0.1, 0.15) is 6.10 Å². The number of esters is 1. The van der Waals surface area contributed by atoms with E-state index in [0.29, 0.717) is 13.2 Å². The number of hydrogen-bond acceptors (Lipinski definition) is 5. The first kappa shape index (κ1) is 13.6. The zero-order valence-corrected chi connectivity index (χ0v) is 8.88. The number of ether oxygens (including phenoxy) is 2. The van der Waals surface area contributed by atoms with Crippen LogP contribution in [0.3, 0.4) is 0 Å². The van der Waals surface area contributed by atoms with Gasteiger partial charge in [-0.25, -0.2) is 4.79 Å². The van der Waals surface area contributed by atoms with E-state index in [1.165, 1.54) is 0 Å². The molecule has 84 valence electrons. The molecule has 0 aromatic rings. The topological polar surface area (TPSA) is 67.8 Å². The summed E-state index contributed by atoms with van der Waals surface area (Å²) in [5, 5.41) is 12.5. The van der Waals surface area contributed by atoms with Crippen LogP contribution in [0, 0.1) is 0 Å². The average molecular weight is 226 g/mol. The highest BCUT2D eigenvalue weighted by Crippen LogP contribution is 2.04. The first-order valence-electron chi connectivity index (χ1n) is 4.42. The van der Waals surface area contributed by atoms with Crippen LogP contribution in [0.2, 0.25) is 0 Å². The fourth-order valence-corrected chi connectivity index (χ4v) is 1.17. The molecule has 0 bridgehead atoms. The Morgan fingerprint density at radius 2 is 2.50 bits per heavy atom. The van der Waals surface area contributed by atoms with Crippen molar-refractivity contribution in [2.24, 2.45) is 0 Å². The Balaban J connectivity index is 0.00000169. The molecule has 5 nitrogen and oxygen atoms in total. The highest BCUT2D eigenvalue weighted by molar-refractivity contribution is 5.85. The lowest BCUT2D eigenvalue weighted by molar-refractivity contribution is -0.163. The predicted octanol–water partition coefficient (Wildman–Crippen LogP) is -0.679. The van der Waals surface area contributed by atoms with Gasteiger partial charge in [0.15, 0.2) is 6.10 Å². The summed E-state index contributed by atoms with van der Waals surface area (Å²) in [7, 11) is 0. The van der Waals surface area contributed by atoms with Gasteiger partial charge in [-0.1, -0.05) is 0 Å². The fraction of sp³-hybridized carbons (Fsp3) is 0.875. The van der Waals surface area contributed by atoms with Crippen LogP contribution in [0.1, 0.15) is 6.92 Å². The van der Waals surface area contributed by atoms with Gasteiger partial charge >= 0.3 is 5.97 Å². The van der Waals surface area contributed by atoms with Crippen LogP contribution in [-0.4, -0.2) is 49.6 Å². The molecule has 1 rings (SSSR count). The molecule has 2 atom stereocenters. The second-order valence-corrected chi connectivity index (χ2v) is 2.81. The van der Waals surface area contributed by atoms with Gasteiger partial charge in [-0.05, 0) is 6.92 Å². The van der Waals surface area contributed by atoms with Crippen LogP contribution in [0.4, 0.5) is 0 Å². The van der Waals surface area contributed by atoms with Crippen LogP contribution in [-0.2, 0) is 14.3 Å². The average Bonchev–Trinajstić information content (AvgIpc) is 2.18. The van der Waals surface area contributed by atoms with Gasteiger partial charge in [-0.3, -0.25) is 0 Å². The molecule has 0 aliphatic carbocycles. The maximum absolute atomic E-state index is 11.1. The van der Waals surface area contributed by atoms with E-state index < -0.39 is 18.2 Å². The molecule has 0 aromatic heterocycles. The first-order valence-corrected chi connectivity index (χ1v) is 4.42. The summed E-state index contributed by atoms with van der Waals surface area (Å²) >= 11 is 0. The molecule has 2 N–H and O–H groups in total. The predicted molar refractivity (Wildman–Crippen MR) is 52.5 cm³/mol. The number of rotatable bonds is 3. The summed E-state index contributed by atoms with van der Waals surface area (Å²) in [5.41, 5.74) is 0. The third-order valence-electron chi connectivity index (χ3n) is 1.84. The van der Waals surface area contributed by atoms with Gasteiger partial charge in [0.25, 0.3) is 0 Å². The molecular formula is C8H16ClNO4. The lowest BCUT2D eigenvalue weighted by atomic mass is 10.2. The minimum Gasteiger partial charge on any atom is -0.464 e. The number of aliphatic hydroxyl groups excluding tert-OH is 1. The summed E-state index contributed by atoms with van der Waals surface area (Å²) in [6.45, 7) is 3.73. The highest BCUT2D eigenvalue weighted by atomic mass is 35.5. The van der Waals surface area contributed by atoms with Gasteiger partial charge in [-0.2, -0.15) is 0 Å². The van der Waals surface area contributed by atoms with Gasteiger partial charge in [0.05, 0.1) is 13.2 Å². The van der Waals surface area contributed by atoms with Crippen molar-refractivity contribution in [2.75, 3.05) is 26.3 Å². The summed E-state index contributed by atoms with van der Waals surface area (Å²) in [4.78, 5) is 11.1. The molecule has 1 saturated heterocycles. The highest BCUT2D eigenvalue weighted by Gasteiger charge is 2.29. The van der Waals surface area contributed by atoms with E-state index in [4.69, 9.17) is 4.74 Å². The van der Waals surface area contributed by atoms with Gasteiger partial charge < -0.3 is 19.9 Å². The van der Waals surface area contributed by atoms with E-state index in [9.17, 15) is 9.90 Å². The minimum absolute atomic E-state index is 0. The second kappa shape index (κ2) is 7.00. The van der Waals surface area contributed by atoms with Crippen molar-refractivity contribution in [3.63, 3.8) is 0 Å². The molecule has 2 unspecified atom stereocenters. The van der Waals surface area contributed by atoms with E-state index in [-0.39, 0.29) is 19.0 Å². The Bertz CT molecular complexity index is 173. The van der Waals surface area contributed by atoms with Crippen molar-refractivity contribution in [3.05, 3.63) is 0 Å². The van der Waals surface area contributed by atoms with Crippen molar-refractivity contribution in [1.82, 2.24) is 5.32 Å². The van der Waals surface area contributed by atoms with E-state index in [1.807, 2.05) is 0 Å². The summed E-state index contributed by atoms with van der Waals surface area (Å²) in [5.74, 6) is -0.615. The second-order valence-electron chi connectivity index (χ2n) is 2.81. The Morgan fingerprint density at radius 3 is 3.00 bits per heavy atom. The molecule has 1 heterocycles. The summed E-state index contributed by atoms with van der Waals surface area (Å²) in [6, 6.07) is 0. The van der Waals surface area contributed by atoms with Gasteiger partial charge in [0, 0.05) is 13.1 Å². The van der Waals surface area contributed by atoms with Crippen molar-refractivity contribution < 1.29 is 19.4 Å². The molecule has 0 amide bonds. The fourth-order valence-electron chi connectivity index (χ4n) is 1.17. The minimum atomic E-state index is -1.17. The molecule has 0 saturated carbocycles. The maximum Gasteiger partial charge on any atom is 0.337 e. The molecule has 0 spiro atoms. The molecule has 6 heteroatoms. The maximum atomic E-state index is 11.1. The Hall–Kier alpha value is -0.360. The van der Waals surface area contributed by atoms with Crippen LogP contribution < -0.4 is 5.32 Å². The van der Waals surface area contributed by atoms with Crippen molar-refractivity contribution in [3.8, 4) is 0 Å². The molecular weight excluding hydrogens is 210 g/mol. The third kappa shape index (κ3) is 3.79. The Labute approximate surface area is 89.2 Å². The number of hydrogen-bond donors (Lipinski definition) is 2. The number of aliphatic hydroxyl groups is 1. The zero-order chi connectivity index (χ0) is 9.68. The smallest absolute Gasteiger partial charge is 0.337 e. The normalized spacial score (nSPS) is 23.4. The molecule has 14 heavy (non-hydrogen) atoms. The van der Waals surface area contributed by atoms with Crippen LogP contribution in [0.5, 0.6) is 0 Å². The van der Waals surface area contributed by atoms with E-state index in [0.717, 1.165) is 6.54 Å². The molecule has 0 aromatic carbocycles. The Morgan fingerprint density at radius 1 is 1.79 bits per heavy atom. The lowest BCUT2D eigenvalue weighted by Crippen LogP contribution is -2.48. The van der Waals surface area contributed by atoms with Crippen LogP contribution in [0.25, 0.3) is 0 Å². The summed E-state index contributed by atoms with van der Waals surface area (Å²) in [6.07, 6.45) is -1.65. The van der Waals surface area contributed by atoms with E-state index >= 15 is 0 Å². The van der Waals surface area contributed by atoms with Gasteiger partial charge in [0.2, 0.25) is 0 Å². The molecule has 1 aliphatic heterocycles. The van der Waals surface area contributed by atoms with Crippen LogP contribution >= 0.6 is 12.4 Å². The standard InChI is InChI=1S/C8H15NO4.ClH/c1-2-12-8(11)7(10)6-5-9-3-4-13-6;/h6-7,9-10H,2-5H2,1H3;1H. The monoisotopic (exact) mass is 225 g/mol. The molecule has 0 radical (unpaired) electrons. The zero-order valence-electron chi connectivity index (χ0n) is 8.06. The molecule has 1 fully saturated rings. The van der Waals surface area contributed by atoms with Crippen molar-refractivity contribution >= 4 is 18.4 Å². The number of halogens is 1. The number of carbonyl (C=O) groups is 1. The first-order chi connectivity index (χ1) is 6.25. The quantitative estimate of drug-likeness (QED) is 0.623. The van der Waals surface area contributed by atoms with E-state index in [1.54, 1.807) is 6.92 Å². The Kier molecular flexibility index (Phi) is 6.82. The van der Waals surface area contributed by atoms with Crippen LogP contribution in [0.15, 0.2) is 0 Å². The van der Waals surface area contributed by atoms with Crippen molar-refractivity contribution in [1.29, 1.82) is 0 Å². The largest absolute Gasteiger partial charge is 0.464 e.